The topological polar surface area (TPSA) is 25.8 Å². The molecule has 0 saturated heterocycles. The van der Waals surface area contributed by atoms with E-state index in [1.54, 1.807) is 0 Å². The van der Waals surface area contributed by atoms with Crippen molar-refractivity contribution in [3.8, 4) is 22.5 Å². The average Bonchev–Trinajstić information content (AvgIpc) is 2.91. The summed E-state index contributed by atoms with van der Waals surface area (Å²) in [4.78, 5) is 8.78. The van der Waals surface area contributed by atoms with Gasteiger partial charge in [0.25, 0.3) is 0 Å². The molecule has 0 atom stereocenters. The number of rotatable bonds is 5. The third kappa shape index (κ3) is 7.82. The summed E-state index contributed by atoms with van der Waals surface area (Å²) >= 11 is 0. The van der Waals surface area contributed by atoms with Gasteiger partial charge in [-0.15, -0.1) is 71.8 Å². The summed E-state index contributed by atoms with van der Waals surface area (Å²) in [6.07, 6.45) is 4.67. The third-order valence-corrected chi connectivity index (χ3v) is 5.50. The molecule has 0 fully saturated rings. The zero-order valence-electron chi connectivity index (χ0n) is 20.0. The van der Waals surface area contributed by atoms with Crippen LogP contribution in [0.4, 0.5) is 0 Å². The smallest absolute Gasteiger partial charge is 0.0163 e. The minimum Gasteiger partial charge on any atom is -0.305 e. The van der Waals surface area contributed by atoms with Crippen LogP contribution in [0.3, 0.4) is 0 Å². The van der Waals surface area contributed by atoms with Crippen LogP contribution in [-0.2, 0) is 26.5 Å². The van der Waals surface area contributed by atoms with Crippen LogP contribution in [0.15, 0.2) is 116 Å². The van der Waals surface area contributed by atoms with Gasteiger partial charge in [-0.3, -0.25) is 0 Å². The quantitative estimate of drug-likeness (QED) is 0.185. The Morgan fingerprint density at radius 3 is 1.77 bits per heavy atom. The van der Waals surface area contributed by atoms with Gasteiger partial charge in [-0.1, -0.05) is 61.9 Å². The van der Waals surface area contributed by atoms with E-state index in [2.05, 4.69) is 84.5 Å². The first-order valence-corrected chi connectivity index (χ1v) is 11.6. The molecule has 35 heavy (non-hydrogen) atoms. The first-order valence-electron chi connectivity index (χ1n) is 11.6. The molecule has 0 spiro atoms. The van der Waals surface area contributed by atoms with Gasteiger partial charge in [0.2, 0.25) is 0 Å². The third-order valence-electron chi connectivity index (χ3n) is 5.50. The Kier molecular flexibility index (Phi) is 10.1. The van der Waals surface area contributed by atoms with Gasteiger partial charge in [-0.05, 0) is 47.0 Å². The van der Waals surface area contributed by atoms with Gasteiger partial charge >= 0.3 is 0 Å². The molecule has 5 rings (SSSR count). The number of hydrogen-bond acceptors (Lipinski definition) is 2. The van der Waals surface area contributed by atoms with Gasteiger partial charge < -0.3 is 9.97 Å². The van der Waals surface area contributed by atoms with Gasteiger partial charge in [0.05, 0.1) is 0 Å². The molecule has 1 radical (unpaired) electrons. The summed E-state index contributed by atoms with van der Waals surface area (Å²) in [6.45, 7) is 4.38. The molecule has 2 nitrogen and oxygen atoms in total. The number of nitrogens with zero attached hydrogens (tertiary/aromatic N) is 2. The first kappa shape index (κ1) is 26.2. The summed E-state index contributed by atoms with van der Waals surface area (Å²) < 4.78 is 0. The van der Waals surface area contributed by atoms with E-state index in [4.69, 9.17) is 0 Å². The Labute approximate surface area is 222 Å². The van der Waals surface area contributed by atoms with Crippen molar-refractivity contribution in [3.05, 3.63) is 144 Å². The fraction of sp³-hybridized carbons (Fsp3) is 0.125. The molecule has 2 heterocycles. The molecule has 0 saturated carbocycles. The summed E-state index contributed by atoms with van der Waals surface area (Å²) in [7, 11) is 0. The SMILES string of the molecule is CC(C)c1ccnc(-c2[c-]cccc2)c1.[Ir].[c-]1ccccc1-c1cc(Cc2ccccc2)ccn1. The minimum atomic E-state index is 0. The van der Waals surface area contributed by atoms with Crippen molar-refractivity contribution in [2.45, 2.75) is 26.2 Å². The molecule has 0 bridgehead atoms. The van der Waals surface area contributed by atoms with Gasteiger partial charge in [-0.25, -0.2) is 0 Å². The molecular weight excluding hydrogens is 605 g/mol. The second-order valence-electron chi connectivity index (χ2n) is 8.39. The monoisotopic (exact) mass is 633 g/mol. The molecule has 2 aromatic heterocycles. The van der Waals surface area contributed by atoms with Crippen LogP contribution in [0.25, 0.3) is 22.5 Å². The molecule has 3 heteroatoms. The van der Waals surface area contributed by atoms with Gasteiger partial charge in [0.15, 0.2) is 0 Å². The maximum Gasteiger partial charge on any atom is 0.0163 e. The molecule has 0 unspecified atom stereocenters. The largest absolute Gasteiger partial charge is 0.305 e. The zero-order valence-corrected chi connectivity index (χ0v) is 22.4. The molecular formula is C32H28IrN2-2. The van der Waals surface area contributed by atoms with Gasteiger partial charge in [0, 0.05) is 32.5 Å². The molecule has 0 aliphatic rings. The van der Waals surface area contributed by atoms with Crippen LogP contribution < -0.4 is 0 Å². The predicted octanol–water partition coefficient (Wildman–Crippen LogP) is 7.81. The number of aromatic nitrogens is 2. The second-order valence-corrected chi connectivity index (χ2v) is 8.39. The van der Waals surface area contributed by atoms with Crippen LogP contribution in [-0.4, -0.2) is 9.97 Å². The molecule has 0 aliphatic heterocycles. The Morgan fingerprint density at radius 1 is 0.629 bits per heavy atom. The number of benzene rings is 3. The molecule has 0 aliphatic carbocycles. The van der Waals surface area contributed by atoms with E-state index >= 15 is 0 Å². The van der Waals surface area contributed by atoms with Crippen molar-refractivity contribution in [3.63, 3.8) is 0 Å². The van der Waals surface area contributed by atoms with Crippen LogP contribution in [0, 0.1) is 12.1 Å². The van der Waals surface area contributed by atoms with Crippen LogP contribution >= 0.6 is 0 Å². The Hall–Kier alpha value is -3.39. The number of pyridine rings is 2. The summed E-state index contributed by atoms with van der Waals surface area (Å²) in [5, 5.41) is 0. The van der Waals surface area contributed by atoms with E-state index in [-0.39, 0.29) is 20.1 Å². The molecule has 3 aromatic carbocycles. The number of hydrogen-bond donors (Lipinski definition) is 0. The van der Waals surface area contributed by atoms with Crippen LogP contribution in [0.1, 0.15) is 36.5 Å². The Morgan fingerprint density at radius 2 is 1.20 bits per heavy atom. The van der Waals surface area contributed by atoms with Gasteiger partial charge in [-0.2, -0.15) is 0 Å². The van der Waals surface area contributed by atoms with E-state index in [1.165, 1.54) is 16.7 Å². The van der Waals surface area contributed by atoms with Crippen molar-refractivity contribution >= 4 is 0 Å². The predicted molar refractivity (Wildman–Crippen MR) is 140 cm³/mol. The molecule has 0 N–H and O–H groups in total. The van der Waals surface area contributed by atoms with E-state index in [0.29, 0.717) is 5.92 Å². The van der Waals surface area contributed by atoms with Gasteiger partial charge in [0.1, 0.15) is 0 Å². The summed E-state index contributed by atoms with van der Waals surface area (Å²) in [5.74, 6) is 0.537. The summed E-state index contributed by atoms with van der Waals surface area (Å²) in [6, 6.07) is 41.2. The molecule has 177 valence electrons. The van der Waals surface area contributed by atoms with Crippen molar-refractivity contribution in [1.29, 1.82) is 0 Å². The molecule has 5 aromatic rings. The van der Waals surface area contributed by atoms with E-state index in [1.807, 2.05) is 67.0 Å². The molecule has 0 amide bonds. The second kappa shape index (κ2) is 13.5. The minimum absolute atomic E-state index is 0. The van der Waals surface area contributed by atoms with Crippen molar-refractivity contribution < 1.29 is 20.1 Å². The Balaban J connectivity index is 0.000000195. The average molecular weight is 633 g/mol. The van der Waals surface area contributed by atoms with E-state index in [0.717, 1.165) is 28.9 Å². The van der Waals surface area contributed by atoms with Crippen LogP contribution in [0.2, 0.25) is 0 Å². The van der Waals surface area contributed by atoms with E-state index < -0.39 is 0 Å². The normalized spacial score (nSPS) is 10.1. The Bertz CT molecular complexity index is 1290. The van der Waals surface area contributed by atoms with E-state index in [9.17, 15) is 0 Å². The summed E-state index contributed by atoms with van der Waals surface area (Å²) in [5.41, 5.74) is 7.98. The maximum absolute atomic E-state index is 4.42. The fourth-order valence-corrected chi connectivity index (χ4v) is 3.62. The standard InChI is InChI=1S/C18H14N.C14H14N.Ir/c1-3-7-15(8-4-1)13-16-11-12-19-18(14-16)17-9-5-2-6-10-17;1-11(2)13-8-9-15-14(10-13)12-6-4-3-5-7-12;/h1-9,11-12,14H,13H2;3-6,8-11H,1-2H3;/q2*-1;. The van der Waals surface area contributed by atoms with Crippen molar-refractivity contribution in [1.82, 2.24) is 9.97 Å². The fourth-order valence-electron chi connectivity index (χ4n) is 3.62. The van der Waals surface area contributed by atoms with Crippen molar-refractivity contribution in [2.24, 2.45) is 0 Å². The zero-order chi connectivity index (χ0) is 23.6. The van der Waals surface area contributed by atoms with Crippen LogP contribution in [0.5, 0.6) is 0 Å². The first-order chi connectivity index (χ1) is 16.7. The van der Waals surface area contributed by atoms with Crippen molar-refractivity contribution in [2.75, 3.05) is 0 Å². The maximum atomic E-state index is 4.42.